The van der Waals surface area contributed by atoms with Gasteiger partial charge in [-0.05, 0) is 54.4 Å². The van der Waals surface area contributed by atoms with Gasteiger partial charge in [0.2, 0.25) is 0 Å². The summed E-state index contributed by atoms with van der Waals surface area (Å²) in [5, 5.41) is 9.89. The van der Waals surface area contributed by atoms with Crippen molar-refractivity contribution in [1.82, 2.24) is 9.38 Å². The highest BCUT2D eigenvalue weighted by molar-refractivity contribution is 6.04. The molecule has 31 heavy (non-hydrogen) atoms. The highest BCUT2D eigenvalue weighted by Crippen LogP contribution is 2.45. The Morgan fingerprint density at radius 1 is 1.19 bits per heavy atom. The number of nitrogens with zero attached hydrogens (tertiary/aromatic N) is 3. The zero-order valence-corrected chi connectivity index (χ0v) is 18.4. The molecule has 0 spiro atoms. The summed E-state index contributed by atoms with van der Waals surface area (Å²) in [7, 11) is 1.68. The van der Waals surface area contributed by atoms with Crippen molar-refractivity contribution in [3.05, 3.63) is 41.0 Å². The number of benzene rings is 1. The molecule has 2 aliphatic rings. The van der Waals surface area contributed by atoms with Crippen LogP contribution in [0.1, 0.15) is 48.2 Å². The van der Waals surface area contributed by atoms with Gasteiger partial charge in [0.15, 0.2) is 5.65 Å². The van der Waals surface area contributed by atoms with Gasteiger partial charge in [0.05, 0.1) is 28.8 Å². The first-order chi connectivity index (χ1) is 14.8. The fraction of sp³-hybridized carbons (Fsp3) is 0.500. The van der Waals surface area contributed by atoms with Crippen molar-refractivity contribution in [1.29, 1.82) is 0 Å². The van der Waals surface area contributed by atoms with Crippen molar-refractivity contribution in [3.8, 4) is 0 Å². The molecule has 1 amide bonds. The normalized spacial score (nSPS) is 19.8. The van der Waals surface area contributed by atoms with E-state index in [0.29, 0.717) is 11.2 Å². The lowest BCUT2D eigenvalue weighted by Crippen LogP contribution is -2.48. The number of amides is 1. The SMILES string of the molecule is COC1(CO)CCN(c2c3c(c(C(N)=O)c4nc5ccccc5n24)CC(C)(C)C3)CC1. The number of carbonyl (C=O) groups is 1. The number of rotatable bonds is 4. The van der Waals surface area contributed by atoms with Gasteiger partial charge in [0, 0.05) is 20.2 Å². The molecule has 3 aromatic rings. The second kappa shape index (κ2) is 6.93. The van der Waals surface area contributed by atoms with Crippen molar-refractivity contribution in [3.63, 3.8) is 0 Å². The van der Waals surface area contributed by atoms with Gasteiger partial charge in [0.1, 0.15) is 5.82 Å². The van der Waals surface area contributed by atoms with Crippen LogP contribution < -0.4 is 10.6 Å². The average molecular weight is 423 g/mol. The summed E-state index contributed by atoms with van der Waals surface area (Å²) in [5.41, 5.74) is 10.8. The number of nitrogens with two attached hydrogens (primary N) is 1. The van der Waals surface area contributed by atoms with E-state index in [1.807, 2.05) is 24.3 Å². The maximum atomic E-state index is 12.6. The Morgan fingerprint density at radius 2 is 1.87 bits per heavy atom. The molecule has 0 saturated carbocycles. The van der Waals surface area contributed by atoms with Gasteiger partial charge in [-0.15, -0.1) is 0 Å². The minimum Gasteiger partial charge on any atom is -0.393 e. The summed E-state index contributed by atoms with van der Waals surface area (Å²) in [5.74, 6) is 0.690. The number of hydrogen-bond donors (Lipinski definition) is 2. The molecule has 2 aromatic heterocycles. The van der Waals surface area contributed by atoms with Gasteiger partial charge < -0.3 is 20.5 Å². The molecule has 1 saturated heterocycles. The van der Waals surface area contributed by atoms with Gasteiger partial charge in [-0.1, -0.05) is 26.0 Å². The van der Waals surface area contributed by atoms with E-state index in [1.54, 1.807) is 7.11 Å². The first-order valence-corrected chi connectivity index (χ1v) is 10.9. The first kappa shape index (κ1) is 20.3. The number of anilines is 1. The zero-order chi connectivity index (χ0) is 22.0. The van der Waals surface area contributed by atoms with Gasteiger partial charge in [-0.2, -0.15) is 0 Å². The van der Waals surface area contributed by atoms with Gasteiger partial charge >= 0.3 is 0 Å². The number of primary amides is 1. The molecule has 7 nitrogen and oxygen atoms in total. The van der Waals surface area contributed by atoms with E-state index in [2.05, 4.69) is 23.1 Å². The summed E-state index contributed by atoms with van der Waals surface area (Å²) in [6, 6.07) is 7.99. The van der Waals surface area contributed by atoms with Crippen molar-refractivity contribution in [2.24, 2.45) is 11.1 Å². The third-order valence-electron chi connectivity index (χ3n) is 7.18. The van der Waals surface area contributed by atoms with Crippen LogP contribution in [0.5, 0.6) is 0 Å². The number of imidazole rings is 1. The van der Waals surface area contributed by atoms with E-state index in [9.17, 15) is 9.90 Å². The van der Waals surface area contributed by atoms with Gasteiger partial charge in [-0.3, -0.25) is 9.20 Å². The molecule has 0 unspecified atom stereocenters. The second-order valence-corrected chi connectivity index (χ2v) is 9.83. The lowest BCUT2D eigenvalue weighted by atomic mass is 9.89. The second-order valence-electron chi connectivity index (χ2n) is 9.83. The Morgan fingerprint density at radius 3 is 2.52 bits per heavy atom. The van der Waals surface area contributed by atoms with E-state index in [4.69, 9.17) is 15.5 Å². The van der Waals surface area contributed by atoms with Crippen molar-refractivity contribution < 1.29 is 14.6 Å². The maximum Gasteiger partial charge on any atom is 0.252 e. The third-order valence-corrected chi connectivity index (χ3v) is 7.18. The van der Waals surface area contributed by atoms with Crippen LogP contribution in [-0.4, -0.2) is 52.8 Å². The maximum absolute atomic E-state index is 12.6. The van der Waals surface area contributed by atoms with Gasteiger partial charge in [-0.25, -0.2) is 4.98 Å². The largest absolute Gasteiger partial charge is 0.393 e. The molecule has 1 aromatic carbocycles. The van der Waals surface area contributed by atoms with Crippen LogP contribution in [0.25, 0.3) is 16.7 Å². The van der Waals surface area contributed by atoms with E-state index in [-0.39, 0.29) is 12.0 Å². The fourth-order valence-electron chi connectivity index (χ4n) is 5.51. The van der Waals surface area contributed by atoms with Crippen molar-refractivity contribution >= 4 is 28.4 Å². The minimum atomic E-state index is -0.484. The number of ether oxygens (including phenoxy) is 1. The van der Waals surface area contributed by atoms with E-state index in [1.165, 1.54) is 5.56 Å². The molecule has 1 fully saturated rings. The topological polar surface area (TPSA) is 93.1 Å². The third kappa shape index (κ3) is 3.02. The lowest BCUT2D eigenvalue weighted by molar-refractivity contribution is -0.0673. The molecule has 1 aliphatic carbocycles. The van der Waals surface area contributed by atoms with Gasteiger partial charge in [0.25, 0.3) is 5.91 Å². The van der Waals surface area contributed by atoms with E-state index < -0.39 is 11.5 Å². The van der Waals surface area contributed by atoms with Crippen LogP contribution in [-0.2, 0) is 17.6 Å². The fourth-order valence-corrected chi connectivity index (χ4v) is 5.51. The molecule has 164 valence electrons. The lowest BCUT2D eigenvalue weighted by Gasteiger charge is -2.41. The Balaban J connectivity index is 1.78. The molecular weight excluding hydrogens is 392 g/mol. The molecule has 3 N–H and O–H groups in total. The predicted molar refractivity (Wildman–Crippen MR) is 121 cm³/mol. The number of aliphatic hydroxyl groups is 1. The monoisotopic (exact) mass is 422 g/mol. The standard InChI is InChI=1S/C24H30N4O3/c1-23(2)12-15-16(13-23)22(27-10-8-24(14-29,31-3)9-11-27)28-18-7-5-4-6-17(18)26-21(28)19(15)20(25)30/h4-7,29H,8-14H2,1-3H3,(H2,25,30). The number of aliphatic hydroxyl groups excluding tert-OH is 1. The highest BCUT2D eigenvalue weighted by atomic mass is 16.5. The molecule has 0 radical (unpaired) electrons. The summed E-state index contributed by atoms with van der Waals surface area (Å²) < 4.78 is 7.81. The van der Waals surface area contributed by atoms with Crippen LogP contribution in [0, 0.1) is 5.41 Å². The number of fused-ring (bicyclic) bond motifs is 4. The Labute approximate surface area is 181 Å². The first-order valence-electron chi connectivity index (χ1n) is 10.9. The molecule has 7 heteroatoms. The average Bonchev–Trinajstić information content (AvgIpc) is 3.27. The zero-order valence-electron chi connectivity index (χ0n) is 18.4. The van der Waals surface area contributed by atoms with E-state index >= 15 is 0 Å². The quantitative estimate of drug-likeness (QED) is 0.674. The smallest absolute Gasteiger partial charge is 0.252 e. The number of methoxy groups -OCH3 is 1. The molecule has 0 bridgehead atoms. The van der Waals surface area contributed by atoms with Crippen LogP contribution in [0.15, 0.2) is 24.3 Å². The van der Waals surface area contributed by atoms with Crippen LogP contribution >= 0.6 is 0 Å². The minimum absolute atomic E-state index is 0.0203. The van der Waals surface area contributed by atoms with E-state index in [0.717, 1.165) is 61.2 Å². The molecule has 1 aliphatic heterocycles. The van der Waals surface area contributed by atoms with Crippen LogP contribution in [0.4, 0.5) is 5.82 Å². The van der Waals surface area contributed by atoms with Crippen molar-refractivity contribution in [2.45, 2.75) is 45.1 Å². The molecule has 5 rings (SSSR count). The molecule has 3 heterocycles. The number of aromatic nitrogens is 2. The molecule has 0 atom stereocenters. The Bertz CT molecular complexity index is 1180. The predicted octanol–water partition coefficient (Wildman–Crippen LogP) is 2.69. The number of carbonyl (C=O) groups excluding carboxylic acids is 1. The number of para-hydroxylation sites is 2. The number of piperidine rings is 1. The Hall–Kier alpha value is -2.64. The summed E-state index contributed by atoms with van der Waals surface area (Å²) in [6.45, 7) is 6.02. The highest BCUT2D eigenvalue weighted by Gasteiger charge is 2.40. The van der Waals surface area contributed by atoms with Crippen LogP contribution in [0.2, 0.25) is 0 Å². The number of pyridine rings is 1. The Kier molecular flexibility index (Phi) is 4.53. The van der Waals surface area contributed by atoms with Crippen molar-refractivity contribution in [2.75, 3.05) is 31.7 Å². The summed E-state index contributed by atoms with van der Waals surface area (Å²) in [6.07, 6.45) is 3.17. The molecular formula is C24H30N4O3. The number of hydrogen-bond acceptors (Lipinski definition) is 5. The summed E-state index contributed by atoms with van der Waals surface area (Å²) >= 11 is 0. The van der Waals surface area contributed by atoms with Crippen LogP contribution in [0.3, 0.4) is 0 Å². The summed E-state index contributed by atoms with van der Waals surface area (Å²) in [4.78, 5) is 19.8.